The molecule has 0 radical (unpaired) electrons. The topological polar surface area (TPSA) is 52.5 Å². The highest BCUT2D eigenvalue weighted by molar-refractivity contribution is 4.89. The van der Waals surface area contributed by atoms with Gasteiger partial charge >= 0.3 is 0 Å². The Morgan fingerprint density at radius 2 is 1.33 bits per heavy atom. The summed E-state index contributed by atoms with van der Waals surface area (Å²) < 4.78 is 0. The van der Waals surface area contributed by atoms with Gasteiger partial charge in [0.05, 0.1) is 5.60 Å². The molecule has 0 unspecified atom stereocenters. The van der Waals surface area contributed by atoms with Crippen LogP contribution in [0.1, 0.15) is 64.2 Å². The quantitative estimate of drug-likeness (QED) is 0.660. The van der Waals surface area contributed by atoms with Gasteiger partial charge in [-0.2, -0.15) is 0 Å². The van der Waals surface area contributed by atoms with Crippen molar-refractivity contribution < 1.29 is 10.2 Å². The van der Waals surface area contributed by atoms with Gasteiger partial charge in [0.15, 0.2) is 0 Å². The minimum atomic E-state index is -0.494. The number of nitrogens with one attached hydrogen (secondary N) is 1. The smallest absolute Gasteiger partial charge is 0.0771 e. The Balaban J connectivity index is 1.76. The summed E-state index contributed by atoms with van der Waals surface area (Å²) in [6.07, 6.45) is 11.5. The van der Waals surface area contributed by atoms with Crippen molar-refractivity contribution in [2.45, 2.75) is 69.8 Å². The van der Waals surface area contributed by atoms with Crippen LogP contribution in [0.4, 0.5) is 0 Å². The molecule has 0 aromatic heterocycles. The average Bonchev–Trinajstić information content (AvgIpc) is 2.73. The molecule has 2 aliphatic carbocycles. The van der Waals surface area contributed by atoms with Crippen LogP contribution in [0.5, 0.6) is 0 Å². The molecule has 2 rings (SSSR count). The van der Waals surface area contributed by atoms with E-state index in [1.54, 1.807) is 0 Å². The molecule has 0 aromatic carbocycles. The zero-order chi connectivity index (χ0) is 12.9. The maximum atomic E-state index is 10.6. The monoisotopic (exact) mass is 255 g/mol. The van der Waals surface area contributed by atoms with Gasteiger partial charge in [-0.1, -0.05) is 38.5 Å². The molecule has 0 saturated heterocycles. The molecular formula is C15H29NO2. The Kier molecular flexibility index (Phi) is 5.05. The highest BCUT2D eigenvalue weighted by atomic mass is 16.3. The molecule has 0 atom stereocenters. The second kappa shape index (κ2) is 6.36. The van der Waals surface area contributed by atoms with Gasteiger partial charge < -0.3 is 15.5 Å². The lowest BCUT2D eigenvalue weighted by atomic mass is 9.86. The largest absolute Gasteiger partial charge is 0.396 e. The van der Waals surface area contributed by atoms with E-state index < -0.39 is 5.60 Å². The molecular weight excluding hydrogens is 226 g/mol. The third kappa shape index (κ3) is 3.69. The predicted octanol–water partition coefficient (Wildman–Crippen LogP) is 2.21. The van der Waals surface area contributed by atoms with Crippen molar-refractivity contribution in [3.63, 3.8) is 0 Å². The Hall–Kier alpha value is -0.120. The van der Waals surface area contributed by atoms with Crippen LogP contribution in [0, 0.1) is 5.41 Å². The van der Waals surface area contributed by atoms with Gasteiger partial charge in [0.25, 0.3) is 0 Å². The van der Waals surface area contributed by atoms with Crippen LogP contribution in [0.25, 0.3) is 0 Å². The fourth-order valence-electron chi connectivity index (χ4n) is 3.64. The third-order valence-electron chi connectivity index (χ3n) is 4.99. The van der Waals surface area contributed by atoms with E-state index in [0.717, 1.165) is 45.1 Å². The van der Waals surface area contributed by atoms with E-state index in [2.05, 4.69) is 5.32 Å². The SMILES string of the molecule is OCC1(CNCC2(O)CCCCCC2)CCCC1. The molecule has 2 fully saturated rings. The van der Waals surface area contributed by atoms with Gasteiger partial charge in [-0.05, 0) is 25.7 Å². The second-order valence-corrected chi connectivity index (χ2v) is 6.61. The first-order valence-corrected chi connectivity index (χ1v) is 7.72. The van der Waals surface area contributed by atoms with Gasteiger partial charge in [-0.25, -0.2) is 0 Å². The number of rotatable bonds is 5. The minimum absolute atomic E-state index is 0.0983. The van der Waals surface area contributed by atoms with Gasteiger partial charge in [0.2, 0.25) is 0 Å². The van der Waals surface area contributed by atoms with E-state index >= 15 is 0 Å². The van der Waals surface area contributed by atoms with Crippen molar-refractivity contribution in [3.05, 3.63) is 0 Å². The molecule has 0 aliphatic heterocycles. The highest BCUT2D eigenvalue weighted by Crippen LogP contribution is 2.37. The first-order chi connectivity index (χ1) is 8.68. The van der Waals surface area contributed by atoms with E-state index in [4.69, 9.17) is 0 Å². The molecule has 3 N–H and O–H groups in total. The zero-order valence-corrected chi connectivity index (χ0v) is 11.6. The third-order valence-corrected chi connectivity index (χ3v) is 4.99. The Morgan fingerprint density at radius 3 is 1.89 bits per heavy atom. The Bertz CT molecular complexity index is 241. The van der Waals surface area contributed by atoms with E-state index in [1.807, 2.05) is 0 Å². The van der Waals surface area contributed by atoms with Crippen LogP contribution in [0.2, 0.25) is 0 Å². The van der Waals surface area contributed by atoms with Crippen LogP contribution in [0.15, 0.2) is 0 Å². The molecule has 0 aromatic rings. The Labute approximate surface area is 111 Å². The van der Waals surface area contributed by atoms with E-state index in [0.29, 0.717) is 13.2 Å². The van der Waals surface area contributed by atoms with Crippen LogP contribution >= 0.6 is 0 Å². The van der Waals surface area contributed by atoms with Crippen LogP contribution < -0.4 is 5.32 Å². The van der Waals surface area contributed by atoms with Gasteiger partial charge in [0, 0.05) is 25.1 Å². The normalized spacial score (nSPS) is 27.0. The van der Waals surface area contributed by atoms with E-state index in [-0.39, 0.29) is 5.41 Å². The summed E-state index contributed by atoms with van der Waals surface area (Å²) >= 11 is 0. The lowest BCUT2D eigenvalue weighted by Crippen LogP contribution is -2.44. The van der Waals surface area contributed by atoms with Crippen molar-refractivity contribution >= 4 is 0 Å². The first-order valence-electron chi connectivity index (χ1n) is 7.72. The summed E-state index contributed by atoms with van der Waals surface area (Å²) in [5.74, 6) is 0. The van der Waals surface area contributed by atoms with Gasteiger partial charge in [-0.3, -0.25) is 0 Å². The van der Waals surface area contributed by atoms with Crippen LogP contribution in [-0.2, 0) is 0 Å². The van der Waals surface area contributed by atoms with Crippen molar-refractivity contribution in [3.8, 4) is 0 Å². The lowest BCUT2D eigenvalue weighted by Gasteiger charge is -2.31. The van der Waals surface area contributed by atoms with Crippen LogP contribution in [-0.4, -0.2) is 35.5 Å². The minimum Gasteiger partial charge on any atom is -0.396 e. The number of hydrogen-bond donors (Lipinski definition) is 3. The van der Waals surface area contributed by atoms with E-state index in [1.165, 1.54) is 25.7 Å². The second-order valence-electron chi connectivity index (χ2n) is 6.61. The summed E-state index contributed by atoms with van der Waals surface area (Å²) in [5, 5.41) is 23.6. The molecule has 18 heavy (non-hydrogen) atoms. The number of aliphatic hydroxyl groups excluding tert-OH is 1. The maximum Gasteiger partial charge on any atom is 0.0771 e. The fourth-order valence-corrected chi connectivity index (χ4v) is 3.64. The molecule has 0 heterocycles. The van der Waals surface area contributed by atoms with Gasteiger partial charge in [-0.15, -0.1) is 0 Å². The summed E-state index contributed by atoms with van der Waals surface area (Å²) in [7, 11) is 0. The summed E-state index contributed by atoms with van der Waals surface area (Å²) in [6.45, 7) is 1.86. The maximum absolute atomic E-state index is 10.6. The van der Waals surface area contributed by atoms with Crippen molar-refractivity contribution in [1.82, 2.24) is 5.32 Å². The molecule has 2 aliphatic rings. The van der Waals surface area contributed by atoms with Gasteiger partial charge in [0.1, 0.15) is 0 Å². The highest BCUT2D eigenvalue weighted by Gasteiger charge is 2.34. The Morgan fingerprint density at radius 1 is 0.778 bits per heavy atom. The first kappa shape index (κ1) is 14.3. The number of hydrogen-bond acceptors (Lipinski definition) is 3. The molecule has 106 valence electrons. The molecule has 0 bridgehead atoms. The zero-order valence-electron chi connectivity index (χ0n) is 11.6. The molecule has 0 amide bonds. The number of aliphatic hydroxyl groups is 2. The predicted molar refractivity (Wildman–Crippen MR) is 73.5 cm³/mol. The standard InChI is InChI=1S/C15H29NO2/c17-13-14(7-5-6-8-14)11-16-12-15(18)9-3-1-2-4-10-15/h16-18H,1-13H2. The van der Waals surface area contributed by atoms with Crippen molar-refractivity contribution in [2.24, 2.45) is 5.41 Å². The van der Waals surface area contributed by atoms with Crippen LogP contribution in [0.3, 0.4) is 0 Å². The fraction of sp³-hybridized carbons (Fsp3) is 1.00. The van der Waals surface area contributed by atoms with Crippen molar-refractivity contribution in [2.75, 3.05) is 19.7 Å². The lowest BCUT2D eigenvalue weighted by molar-refractivity contribution is 0.0202. The molecule has 3 heteroatoms. The molecule has 2 saturated carbocycles. The summed E-state index contributed by atoms with van der Waals surface area (Å²) in [6, 6.07) is 0. The summed E-state index contributed by atoms with van der Waals surface area (Å²) in [4.78, 5) is 0. The van der Waals surface area contributed by atoms with E-state index in [9.17, 15) is 10.2 Å². The molecule has 3 nitrogen and oxygen atoms in total. The summed E-state index contributed by atoms with van der Waals surface area (Å²) in [5.41, 5.74) is -0.396. The van der Waals surface area contributed by atoms with Crippen molar-refractivity contribution in [1.29, 1.82) is 0 Å². The molecule has 0 spiro atoms. The average molecular weight is 255 g/mol.